The topological polar surface area (TPSA) is 168 Å². The molecule has 1 saturated heterocycles. The number of rotatable bonds is 11. The van der Waals surface area contributed by atoms with Gasteiger partial charge in [0.05, 0.1) is 6.04 Å². The summed E-state index contributed by atoms with van der Waals surface area (Å²) in [4.78, 5) is 81.2. The monoisotopic (exact) mass is 643 g/mol. The molecule has 4 fully saturated rings. The fourth-order valence-electron chi connectivity index (χ4n) is 7.90. The Hall–Kier alpha value is -2.98. The fraction of sp³-hybridized carbons (Fsp3) is 0.829. The molecule has 3 aliphatic carbocycles. The Morgan fingerprint density at radius 3 is 2.00 bits per heavy atom. The molecular weight excluding hydrogens is 586 g/mol. The highest BCUT2D eigenvalue weighted by atomic mass is 16.2. The number of nitrogens with zero attached hydrogens (tertiary/aromatic N) is 1. The van der Waals surface area contributed by atoms with Gasteiger partial charge in [0.2, 0.25) is 17.6 Å². The minimum atomic E-state index is -1.09. The van der Waals surface area contributed by atoms with E-state index in [0.717, 1.165) is 38.5 Å². The molecule has 3 saturated carbocycles. The Morgan fingerprint density at radius 2 is 1.50 bits per heavy atom. The van der Waals surface area contributed by atoms with Crippen LogP contribution in [0.3, 0.4) is 0 Å². The number of fused-ring (bicyclic) bond motifs is 1. The maximum absolute atomic E-state index is 14.4. The smallest absolute Gasteiger partial charge is 0.315 e. The lowest BCUT2D eigenvalue weighted by Gasteiger charge is -2.41. The second kappa shape index (κ2) is 12.9. The number of carbonyl (C=O) groups is 6. The van der Waals surface area contributed by atoms with E-state index in [0.29, 0.717) is 25.8 Å². The van der Waals surface area contributed by atoms with E-state index in [9.17, 15) is 28.8 Å². The summed E-state index contributed by atoms with van der Waals surface area (Å²) in [7, 11) is 0. The summed E-state index contributed by atoms with van der Waals surface area (Å²) in [5, 5.41) is 8.88. The van der Waals surface area contributed by atoms with Crippen LogP contribution in [0, 0.1) is 34.0 Å². The average Bonchev–Trinajstić information content (AvgIpc) is 3.24. The number of piperidine rings is 1. The summed E-state index contributed by atoms with van der Waals surface area (Å²) in [6.07, 6.45) is 7.71. The third-order valence-electron chi connectivity index (χ3n) is 11.3. The van der Waals surface area contributed by atoms with Gasteiger partial charge in [-0.25, -0.2) is 4.79 Å². The van der Waals surface area contributed by atoms with Crippen LogP contribution in [0.1, 0.15) is 120 Å². The second-order valence-electron chi connectivity index (χ2n) is 17.3. The quantitative estimate of drug-likeness (QED) is 0.251. The summed E-state index contributed by atoms with van der Waals surface area (Å²) in [5.41, 5.74) is 3.25. The number of hydrogen-bond donors (Lipinski definition) is 4. The molecule has 0 spiro atoms. The average molecular weight is 644 g/mol. The van der Waals surface area contributed by atoms with Crippen LogP contribution in [-0.4, -0.2) is 70.4 Å². The van der Waals surface area contributed by atoms with Gasteiger partial charge in [-0.2, -0.15) is 0 Å². The molecule has 0 aromatic heterocycles. The van der Waals surface area contributed by atoms with Gasteiger partial charge in [0.1, 0.15) is 17.9 Å². The minimum Gasteiger partial charge on any atom is -0.363 e. The molecule has 4 aliphatic rings. The zero-order valence-corrected chi connectivity index (χ0v) is 29.2. The number of ketones is 2. The molecule has 5 atom stereocenters. The molecule has 46 heavy (non-hydrogen) atoms. The van der Waals surface area contributed by atoms with E-state index in [1.54, 1.807) is 4.90 Å². The van der Waals surface area contributed by atoms with Crippen molar-refractivity contribution in [2.75, 3.05) is 6.54 Å². The zero-order valence-electron chi connectivity index (χ0n) is 29.2. The summed E-state index contributed by atoms with van der Waals surface area (Å²) >= 11 is 0. The fourth-order valence-corrected chi connectivity index (χ4v) is 7.90. The Kier molecular flexibility index (Phi) is 10.1. The lowest BCUT2D eigenvalue weighted by molar-refractivity contribution is -0.145. The number of primary amides is 1. The summed E-state index contributed by atoms with van der Waals surface area (Å²) in [6.45, 7) is 15.7. The van der Waals surface area contributed by atoms with Gasteiger partial charge in [0.25, 0.3) is 5.91 Å². The molecule has 11 heteroatoms. The highest BCUT2D eigenvalue weighted by Crippen LogP contribution is 2.65. The van der Waals surface area contributed by atoms with Crippen LogP contribution in [0.25, 0.3) is 0 Å². The summed E-state index contributed by atoms with van der Waals surface area (Å²) in [5.74, 6) is -2.46. The Labute approximate surface area is 274 Å². The van der Waals surface area contributed by atoms with Gasteiger partial charge in [-0.3, -0.25) is 24.0 Å². The Morgan fingerprint density at radius 1 is 0.891 bits per heavy atom. The van der Waals surface area contributed by atoms with Crippen molar-refractivity contribution < 1.29 is 28.8 Å². The standard InChI is InChI=1S/C35H57N5O6/c1-32(2,3)23(41)18-35(15-10-9-11-16-35)39-31(46)38-27(33(4,5)6)30(45)40-19-21-24(34(21,7)8)25(40)29(44)37-22(26(42)28(36)43)17-20-13-12-14-20/h20-22,24-25,27H,9-19H2,1-8H3,(H2,36,43)(H,37,44)(H2,38,39,46)/t21-,22?,24-,25-,27+/m0/s1. The number of Topliss-reactive ketones (excluding diaryl/α,β-unsaturated/α-hetero) is 2. The number of hydrogen-bond acceptors (Lipinski definition) is 6. The van der Waals surface area contributed by atoms with Crippen LogP contribution in [0.15, 0.2) is 0 Å². The first-order valence-corrected chi connectivity index (χ1v) is 17.2. The third-order valence-corrected chi connectivity index (χ3v) is 11.3. The molecule has 0 bridgehead atoms. The van der Waals surface area contributed by atoms with Gasteiger partial charge in [0.15, 0.2) is 0 Å². The van der Waals surface area contributed by atoms with Crippen molar-refractivity contribution in [1.82, 2.24) is 20.9 Å². The van der Waals surface area contributed by atoms with E-state index in [1.807, 2.05) is 41.5 Å². The molecule has 4 rings (SSSR count). The van der Waals surface area contributed by atoms with E-state index < -0.39 is 58.1 Å². The number of nitrogens with one attached hydrogen (secondary N) is 3. The SMILES string of the molecule is CC(C)(C)C(=O)CC1(NC(=O)N[C@H](C(=O)N2C[C@H]3[C@@H]([C@H]2C(=O)NC(CC2CCC2)C(=O)C(N)=O)C3(C)C)C(C)(C)C)CCCCC1. The highest BCUT2D eigenvalue weighted by Gasteiger charge is 2.70. The van der Waals surface area contributed by atoms with Crippen LogP contribution in [0.2, 0.25) is 0 Å². The van der Waals surface area contributed by atoms with Crippen LogP contribution in [-0.2, 0) is 24.0 Å². The maximum atomic E-state index is 14.4. The molecule has 1 aliphatic heterocycles. The largest absolute Gasteiger partial charge is 0.363 e. The van der Waals surface area contributed by atoms with Crippen molar-refractivity contribution in [2.45, 2.75) is 143 Å². The van der Waals surface area contributed by atoms with Crippen LogP contribution in [0.4, 0.5) is 4.79 Å². The van der Waals surface area contributed by atoms with E-state index in [4.69, 9.17) is 5.73 Å². The number of amides is 5. The Bertz CT molecular complexity index is 1240. The first-order valence-electron chi connectivity index (χ1n) is 17.2. The predicted molar refractivity (Wildman–Crippen MR) is 174 cm³/mol. The summed E-state index contributed by atoms with van der Waals surface area (Å²) < 4.78 is 0. The molecule has 0 aromatic carbocycles. The van der Waals surface area contributed by atoms with Crippen molar-refractivity contribution >= 4 is 35.3 Å². The van der Waals surface area contributed by atoms with Crippen LogP contribution < -0.4 is 21.7 Å². The van der Waals surface area contributed by atoms with Gasteiger partial charge in [0, 0.05) is 23.9 Å². The van der Waals surface area contributed by atoms with Crippen molar-refractivity contribution in [3.8, 4) is 0 Å². The molecule has 1 heterocycles. The van der Waals surface area contributed by atoms with Gasteiger partial charge in [-0.15, -0.1) is 0 Å². The van der Waals surface area contributed by atoms with Crippen molar-refractivity contribution in [3.05, 3.63) is 0 Å². The number of nitrogens with two attached hydrogens (primary N) is 1. The highest BCUT2D eigenvalue weighted by molar-refractivity contribution is 6.37. The van der Waals surface area contributed by atoms with E-state index >= 15 is 0 Å². The zero-order chi connectivity index (χ0) is 34.4. The molecule has 258 valence electrons. The van der Waals surface area contributed by atoms with Crippen molar-refractivity contribution in [1.29, 1.82) is 0 Å². The van der Waals surface area contributed by atoms with E-state index in [1.165, 1.54) is 0 Å². The van der Waals surface area contributed by atoms with Crippen LogP contribution >= 0.6 is 0 Å². The second-order valence-corrected chi connectivity index (χ2v) is 17.3. The third kappa shape index (κ3) is 7.59. The van der Waals surface area contributed by atoms with Gasteiger partial charge < -0.3 is 26.6 Å². The van der Waals surface area contributed by atoms with Crippen LogP contribution in [0.5, 0.6) is 0 Å². The normalized spacial score (nSPS) is 26.5. The van der Waals surface area contributed by atoms with E-state index in [2.05, 4.69) is 29.8 Å². The summed E-state index contributed by atoms with van der Waals surface area (Å²) in [6, 6.07) is -3.34. The van der Waals surface area contributed by atoms with Gasteiger partial charge >= 0.3 is 6.03 Å². The van der Waals surface area contributed by atoms with Gasteiger partial charge in [-0.05, 0) is 47.8 Å². The first-order chi connectivity index (χ1) is 21.2. The molecule has 1 unspecified atom stereocenters. The molecule has 5 N–H and O–H groups in total. The van der Waals surface area contributed by atoms with E-state index in [-0.39, 0.29) is 41.3 Å². The molecule has 11 nitrogen and oxygen atoms in total. The molecule has 0 aromatic rings. The lowest BCUT2D eigenvalue weighted by Crippen LogP contribution is -2.63. The maximum Gasteiger partial charge on any atom is 0.315 e. The first kappa shape index (κ1) is 35.9. The molecule has 0 radical (unpaired) electrons. The minimum absolute atomic E-state index is 0.0799. The Balaban J connectivity index is 1.53. The molecule has 5 amide bonds. The van der Waals surface area contributed by atoms with Crippen molar-refractivity contribution in [3.63, 3.8) is 0 Å². The van der Waals surface area contributed by atoms with Crippen molar-refractivity contribution in [2.24, 2.45) is 39.7 Å². The molecular formula is C35H57N5O6. The predicted octanol–water partition coefficient (Wildman–Crippen LogP) is 3.62. The number of likely N-dealkylation sites (tertiary alicyclic amines) is 1. The number of carbonyl (C=O) groups excluding carboxylic acids is 6. The number of urea groups is 1. The van der Waals surface area contributed by atoms with Gasteiger partial charge in [-0.1, -0.05) is 93.9 Å². The lowest BCUT2D eigenvalue weighted by atomic mass is 9.74.